The first-order chi connectivity index (χ1) is 10.5. The first-order valence-corrected chi connectivity index (χ1v) is 8.64. The van der Waals surface area contributed by atoms with Crippen molar-refractivity contribution < 1.29 is 4.21 Å². The van der Waals surface area contributed by atoms with Gasteiger partial charge < -0.3 is 9.62 Å². The molecule has 0 saturated heterocycles. The predicted octanol–water partition coefficient (Wildman–Crippen LogP) is 3.30. The highest BCUT2D eigenvalue weighted by Crippen LogP contribution is 2.37. The van der Waals surface area contributed by atoms with E-state index in [2.05, 4.69) is 22.6 Å². The van der Waals surface area contributed by atoms with Crippen LogP contribution in [0.25, 0.3) is 5.70 Å². The molecule has 0 aromatic heterocycles. The van der Waals surface area contributed by atoms with Crippen molar-refractivity contribution in [3.63, 3.8) is 0 Å². The Morgan fingerprint density at radius 1 is 1.41 bits per heavy atom. The molecule has 1 aromatic carbocycles. The molecule has 0 fully saturated rings. The average molecular weight is 315 g/mol. The third kappa shape index (κ3) is 2.93. The zero-order chi connectivity index (χ0) is 16.3. The Hall–Kier alpha value is -2.06. The summed E-state index contributed by atoms with van der Waals surface area (Å²) in [5.41, 5.74) is 4.56. The molecule has 22 heavy (non-hydrogen) atoms. The van der Waals surface area contributed by atoms with E-state index in [4.69, 9.17) is 0 Å². The largest absolute Gasteiger partial charge is 0.366 e. The lowest BCUT2D eigenvalue weighted by Gasteiger charge is -2.22. The van der Waals surface area contributed by atoms with Crippen molar-refractivity contribution in [3.8, 4) is 6.07 Å². The molecule has 1 aliphatic heterocycles. The smallest absolute Gasteiger partial charge is 0.116 e. The molecule has 1 aliphatic rings. The molecule has 0 aliphatic carbocycles. The second-order valence-electron chi connectivity index (χ2n) is 5.18. The van der Waals surface area contributed by atoms with Gasteiger partial charge in [-0.3, -0.25) is 0 Å². The summed E-state index contributed by atoms with van der Waals surface area (Å²) in [6.45, 7) is 5.93. The van der Waals surface area contributed by atoms with Crippen molar-refractivity contribution in [2.75, 3.05) is 17.5 Å². The van der Waals surface area contributed by atoms with Crippen molar-refractivity contribution in [1.82, 2.24) is 4.90 Å². The minimum Gasteiger partial charge on any atom is -0.366 e. The fourth-order valence-electron chi connectivity index (χ4n) is 2.68. The molecule has 0 radical (unpaired) electrons. The number of rotatable bonds is 4. The van der Waals surface area contributed by atoms with Gasteiger partial charge in [-0.25, -0.2) is 4.21 Å². The van der Waals surface area contributed by atoms with Crippen LogP contribution in [0.15, 0.2) is 41.5 Å². The number of benzene rings is 1. The lowest BCUT2D eigenvalue weighted by molar-refractivity contribution is 0.437. The zero-order valence-electron chi connectivity index (χ0n) is 13.4. The van der Waals surface area contributed by atoms with Gasteiger partial charge in [-0.15, -0.1) is 0 Å². The summed E-state index contributed by atoms with van der Waals surface area (Å²) in [4.78, 5) is 2.13. The minimum absolute atomic E-state index is 0.194. The van der Waals surface area contributed by atoms with Gasteiger partial charge in [0.15, 0.2) is 0 Å². The van der Waals surface area contributed by atoms with Crippen molar-refractivity contribution in [2.45, 2.75) is 26.8 Å². The van der Waals surface area contributed by atoms with Crippen LogP contribution in [-0.4, -0.2) is 28.0 Å². The Kier molecular flexibility index (Phi) is 5.04. The third-order valence-corrected chi connectivity index (χ3v) is 4.97. The summed E-state index contributed by atoms with van der Waals surface area (Å²) < 4.78 is 14.5. The predicted molar refractivity (Wildman–Crippen MR) is 92.3 cm³/mol. The second kappa shape index (κ2) is 6.80. The van der Waals surface area contributed by atoms with Crippen molar-refractivity contribution in [1.29, 1.82) is 5.26 Å². The molecule has 2 unspecified atom stereocenters. The quantitative estimate of drug-likeness (QED) is 0.927. The molecule has 0 bridgehead atoms. The number of likely N-dealkylation sites (N-methyl/N-ethyl adjacent to an activating group) is 1. The topological polar surface area (TPSA) is 56.1 Å². The van der Waals surface area contributed by atoms with Gasteiger partial charge in [0.05, 0.1) is 17.3 Å². The molecule has 1 N–H and O–H groups in total. The highest BCUT2D eigenvalue weighted by molar-refractivity contribution is 7.86. The fourth-order valence-corrected chi connectivity index (χ4v) is 3.22. The first-order valence-electron chi connectivity index (χ1n) is 7.32. The normalized spacial score (nSPS) is 21.1. The maximum Gasteiger partial charge on any atom is 0.116 e. The number of nitrogens with one attached hydrogen (secondary N) is 1. The molecule has 2 rings (SSSR count). The molecular weight excluding hydrogens is 294 g/mol. The Morgan fingerprint density at radius 2 is 2.05 bits per heavy atom. The van der Waals surface area contributed by atoms with Crippen LogP contribution in [0.2, 0.25) is 0 Å². The number of anilines is 1. The average Bonchev–Trinajstić information content (AvgIpc) is 2.78. The van der Waals surface area contributed by atoms with Crippen LogP contribution in [0.1, 0.15) is 26.3 Å². The highest BCUT2D eigenvalue weighted by atomic mass is 32.2. The van der Waals surface area contributed by atoms with Gasteiger partial charge in [-0.05, 0) is 37.1 Å². The SMILES string of the molecule is C/C=C1/C(C#N)=C(c2ccc(NS(=O)CC)cc2)N(C)C1C. The lowest BCUT2D eigenvalue weighted by Crippen LogP contribution is -2.23. The van der Waals surface area contributed by atoms with E-state index < -0.39 is 11.0 Å². The Balaban J connectivity index is 2.39. The van der Waals surface area contributed by atoms with Crippen molar-refractivity contribution in [3.05, 3.63) is 47.1 Å². The molecule has 4 nitrogen and oxygen atoms in total. The molecule has 0 spiro atoms. The van der Waals surface area contributed by atoms with E-state index in [0.717, 1.165) is 28.1 Å². The van der Waals surface area contributed by atoms with Gasteiger partial charge >= 0.3 is 0 Å². The van der Waals surface area contributed by atoms with Crippen LogP contribution in [0.3, 0.4) is 0 Å². The van der Waals surface area contributed by atoms with E-state index in [1.54, 1.807) is 0 Å². The number of hydrogen-bond acceptors (Lipinski definition) is 3. The molecule has 0 saturated carbocycles. The first kappa shape index (κ1) is 16.3. The number of nitrogens with zero attached hydrogens (tertiary/aromatic N) is 2. The summed E-state index contributed by atoms with van der Waals surface area (Å²) in [6.07, 6.45) is 2.01. The zero-order valence-corrected chi connectivity index (χ0v) is 14.2. The van der Waals surface area contributed by atoms with Gasteiger partial charge in [0, 0.05) is 18.5 Å². The molecule has 2 atom stereocenters. The van der Waals surface area contributed by atoms with E-state index in [-0.39, 0.29) is 6.04 Å². The Morgan fingerprint density at radius 3 is 2.55 bits per heavy atom. The minimum atomic E-state index is -1.05. The molecule has 1 aromatic rings. The number of nitriles is 1. The Labute approximate surface area is 134 Å². The Bertz CT molecular complexity index is 683. The van der Waals surface area contributed by atoms with Crippen LogP contribution in [0.5, 0.6) is 0 Å². The third-order valence-electron chi connectivity index (χ3n) is 3.98. The summed E-state index contributed by atoms with van der Waals surface area (Å²) in [5.74, 6) is 0.566. The van der Waals surface area contributed by atoms with Crippen LogP contribution in [-0.2, 0) is 11.0 Å². The van der Waals surface area contributed by atoms with Gasteiger partial charge in [0.25, 0.3) is 0 Å². The van der Waals surface area contributed by atoms with Gasteiger partial charge in [0.2, 0.25) is 0 Å². The monoisotopic (exact) mass is 315 g/mol. The van der Waals surface area contributed by atoms with E-state index in [1.165, 1.54) is 0 Å². The van der Waals surface area contributed by atoms with Gasteiger partial charge in [-0.1, -0.05) is 25.1 Å². The standard InChI is InChI=1S/C17H21N3OS/c1-5-15-12(3)20(4)17(16(15)11-18)13-7-9-14(10-8-13)19-22(21)6-2/h5,7-10,12,19H,6H2,1-4H3/b15-5+. The molecule has 0 amide bonds. The summed E-state index contributed by atoms with van der Waals surface area (Å²) >= 11 is 0. The number of hydrogen-bond donors (Lipinski definition) is 1. The van der Waals surface area contributed by atoms with Crippen LogP contribution in [0, 0.1) is 11.3 Å². The van der Waals surface area contributed by atoms with Gasteiger partial charge in [-0.2, -0.15) is 5.26 Å². The molecule has 1 heterocycles. The van der Waals surface area contributed by atoms with Gasteiger partial charge in [0.1, 0.15) is 17.1 Å². The second-order valence-corrected chi connectivity index (χ2v) is 6.65. The fraction of sp³-hybridized carbons (Fsp3) is 0.353. The van der Waals surface area contributed by atoms with Crippen LogP contribution < -0.4 is 4.72 Å². The van der Waals surface area contributed by atoms with Crippen LogP contribution in [0.4, 0.5) is 5.69 Å². The summed E-state index contributed by atoms with van der Waals surface area (Å²) in [5, 5.41) is 9.51. The van der Waals surface area contributed by atoms with Crippen molar-refractivity contribution in [2.24, 2.45) is 0 Å². The molecule has 116 valence electrons. The van der Waals surface area contributed by atoms with Crippen molar-refractivity contribution >= 4 is 22.4 Å². The summed E-state index contributed by atoms with van der Waals surface area (Å²) in [6, 6.07) is 10.3. The molecule has 5 heteroatoms. The van der Waals surface area contributed by atoms with E-state index >= 15 is 0 Å². The lowest BCUT2D eigenvalue weighted by atomic mass is 10.0. The van der Waals surface area contributed by atoms with E-state index in [0.29, 0.717) is 5.75 Å². The van der Waals surface area contributed by atoms with E-state index in [1.807, 2.05) is 51.2 Å². The molecular formula is C17H21N3OS. The maximum atomic E-state index is 11.5. The highest BCUT2D eigenvalue weighted by Gasteiger charge is 2.31. The van der Waals surface area contributed by atoms with Crippen LogP contribution >= 0.6 is 0 Å². The number of allylic oxidation sites excluding steroid dienone is 1. The van der Waals surface area contributed by atoms with E-state index in [9.17, 15) is 9.47 Å². The summed E-state index contributed by atoms with van der Waals surface area (Å²) in [7, 11) is 0.957. The maximum absolute atomic E-state index is 11.5.